The molecule has 1 aliphatic heterocycles. The molecule has 0 amide bonds. The van der Waals surface area contributed by atoms with Gasteiger partial charge in [-0.2, -0.15) is 4.98 Å². The van der Waals surface area contributed by atoms with E-state index < -0.39 is 18.0 Å². The largest absolute Gasteiger partial charge is 0.394 e. The van der Waals surface area contributed by atoms with Crippen LogP contribution in [0.3, 0.4) is 0 Å². The van der Waals surface area contributed by atoms with E-state index in [1.54, 1.807) is 7.11 Å². The van der Waals surface area contributed by atoms with Crippen LogP contribution in [0.15, 0.2) is 17.1 Å². The minimum absolute atomic E-state index is 0.147. The van der Waals surface area contributed by atoms with E-state index >= 15 is 0 Å². The van der Waals surface area contributed by atoms with Crippen molar-refractivity contribution in [3.05, 3.63) is 22.7 Å². The number of aliphatic hydroxyl groups excluding tert-OH is 1. The van der Waals surface area contributed by atoms with Gasteiger partial charge in [0.25, 0.3) is 0 Å². The van der Waals surface area contributed by atoms with Crippen molar-refractivity contribution >= 4 is 5.82 Å². The van der Waals surface area contributed by atoms with Gasteiger partial charge in [-0.1, -0.05) is 0 Å². The number of hydrogen-bond acceptors (Lipinski definition) is 6. The molecular weight excluding hydrogens is 226 g/mol. The first-order valence-electron chi connectivity index (χ1n) is 5.29. The van der Waals surface area contributed by atoms with Crippen molar-refractivity contribution in [3.8, 4) is 0 Å². The molecule has 2 heterocycles. The predicted molar refractivity (Wildman–Crippen MR) is 59.3 cm³/mol. The Kier molecular flexibility index (Phi) is 3.41. The lowest BCUT2D eigenvalue weighted by molar-refractivity contribution is -0.0534. The molecule has 0 unspecified atom stereocenters. The Bertz CT molecular complexity index is 435. The monoisotopic (exact) mass is 241 g/mol. The van der Waals surface area contributed by atoms with Crippen molar-refractivity contribution in [2.75, 3.05) is 19.5 Å². The van der Waals surface area contributed by atoms with Crippen LogP contribution >= 0.6 is 0 Å². The molecule has 1 saturated heterocycles. The predicted octanol–water partition coefficient (Wildman–Crippen LogP) is -0.880. The van der Waals surface area contributed by atoms with Crippen LogP contribution < -0.4 is 11.4 Å². The second-order valence-electron chi connectivity index (χ2n) is 3.86. The highest BCUT2D eigenvalue weighted by Crippen LogP contribution is 2.29. The molecule has 1 fully saturated rings. The van der Waals surface area contributed by atoms with Crippen molar-refractivity contribution in [1.82, 2.24) is 9.55 Å². The maximum Gasteiger partial charge on any atom is 0.351 e. The summed E-state index contributed by atoms with van der Waals surface area (Å²) in [5.41, 5.74) is 4.93. The lowest BCUT2D eigenvalue weighted by Crippen LogP contribution is -2.28. The summed E-state index contributed by atoms with van der Waals surface area (Å²) in [5, 5.41) is 9.12. The molecule has 3 atom stereocenters. The highest BCUT2D eigenvalue weighted by atomic mass is 16.6. The number of rotatable bonds is 3. The third kappa shape index (κ3) is 2.31. The maximum absolute atomic E-state index is 11.6. The van der Waals surface area contributed by atoms with E-state index in [0.29, 0.717) is 6.42 Å². The van der Waals surface area contributed by atoms with Gasteiger partial charge in [-0.15, -0.1) is 0 Å². The molecule has 0 aliphatic carbocycles. The number of anilines is 1. The van der Waals surface area contributed by atoms with Gasteiger partial charge < -0.3 is 20.3 Å². The van der Waals surface area contributed by atoms with E-state index in [9.17, 15) is 4.79 Å². The summed E-state index contributed by atoms with van der Waals surface area (Å²) in [7, 11) is 1.54. The van der Waals surface area contributed by atoms with Gasteiger partial charge in [0.1, 0.15) is 18.1 Å². The number of nitrogen functional groups attached to an aromatic ring is 1. The van der Waals surface area contributed by atoms with Gasteiger partial charge in [0.15, 0.2) is 0 Å². The Labute approximate surface area is 97.8 Å². The van der Waals surface area contributed by atoms with Gasteiger partial charge >= 0.3 is 5.69 Å². The Morgan fingerprint density at radius 2 is 2.53 bits per heavy atom. The van der Waals surface area contributed by atoms with Crippen molar-refractivity contribution in [3.63, 3.8) is 0 Å². The number of hydrogen-bond donors (Lipinski definition) is 2. The van der Waals surface area contributed by atoms with Gasteiger partial charge in [0, 0.05) is 19.7 Å². The van der Waals surface area contributed by atoms with Crippen LogP contribution in [0.5, 0.6) is 0 Å². The molecular formula is C10H15N3O4. The third-order valence-electron chi connectivity index (χ3n) is 2.82. The van der Waals surface area contributed by atoms with Crippen LogP contribution in [0.25, 0.3) is 0 Å². The van der Waals surface area contributed by atoms with Gasteiger partial charge in [0.05, 0.1) is 12.7 Å². The molecule has 7 heteroatoms. The summed E-state index contributed by atoms with van der Waals surface area (Å²) in [6.45, 7) is -0.147. The zero-order valence-electron chi connectivity index (χ0n) is 9.44. The van der Waals surface area contributed by atoms with Crippen LogP contribution in [0.1, 0.15) is 12.6 Å². The molecule has 3 N–H and O–H groups in total. The minimum Gasteiger partial charge on any atom is -0.394 e. The first-order valence-corrected chi connectivity index (χ1v) is 5.29. The molecule has 2 rings (SSSR count). The summed E-state index contributed by atoms with van der Waals surface area (Å²) >= 11 is 0. The van der Waals surface area contributed by atoms with E-state index in [1.165, 1.54) is 16.8 Å². The fourth-order valence-corrected chi connectivity index (χ4v) is 1.93. The summed E-state index contributed by atoms with van der Waals surface area (Å²) in [4.78, 5) is 15.2. The van der Waals surface area contributed by atoms with E-state index in [-0.39, 0.29) is 18.5 Å². The highest BCUT2D eigenvalue weighted by Gasteiger charge is 2.36. The molecule has 1 aromatic rings. The SMILES string of the molecule is CO[C@H]1C[C@@H](n2ccc(N)nc2=O)O[C@@H]1CO. The zero-order chi connectivity index (χ0) is 12.4. The lowest BCUT2D eigenvalue weighted by atomic mass is 10.2. The van der Waals surface area contributed by atoms with Crippen LogP contribution in [0.4, 0.5) is 5.82 Å². The number of nitrogens with two attached hydrogens (primary N) is 1. The zero-order valence-corrected chi connectivity index (χ0v) is 9.44. The van der Waals surface area contributed by atoms with Crippen LogP contribution in [-0.4, -0.2) is 40.6 Å². The maximum atomic E-state index is 11.6. The molecule has 1 aliphatic rings. The molecule has 0 saturated carbocycles. The van der Waals surface area contributed by atoms with Gasteiger partial charge in [-0.05, 0) is 6.07 Å². The average molecular weight is 241 g/mol. The first kappa shape index (κ1) is 12.0. The second kappa shape index (κ2) is 4.82. The number of nitrogens with zero attached hydrogens (tertiary/aromatic N) is 2. The highest BCUT2D eigenvalue weighted by molar-refractivity contribution is 5.23. The van der Waals surface area contributed by atoms with E-state index in [4.69, 9.17) is 20.3 Å². The number of aliphatic hydroxyl groups is 1. The van der Waals surface area contributed by atoms with Crippen molar-refractivity contribution in [1.29, 1.82) is 0 Å². The quantitative estimate of drug-likeness (QED) is 0.713. The molecule has 1 aromatic heterocycles. The lowest BCUT2D eigenvalue weighted by Gasteiger charge is -2.14. The first-order chi connectivity index (χ1) is 8.15. The van der Waals surface area contributed by atoms with E-state index in [0.717, 1.165) is 0 Å². The fraction of sp³-hybridized carbons (Fsp3) is 0.600. The van der Waals surface area contributed by atoms with Crippen LogP contribution in [0, 0.1) is 0 Å². The summed E-state index contributed by atoms with van der Waals surface area (Å²) in [6, 6.07) is 1.53. The number of ether oxygens (including phenoxy) is 2. The molecule has 17 heavy (non-hydrogen) atoms. The smallest absolute Gasteiger partial charge is 0.351 e. The second-order valence-corrected chi connectivity index (χ2v) is 3.86. The van der Waals surface area contributed by atoms with Crippen LogP contribution in [-0.2, 0) is 9.47 Å². The number of methoxy groups -OCH3 is 1. The number of aromatic nitrogens is 2. The normalized spacial score (nSPS) is 28.5. The summed E-state index contributed by atoms with van der Waals surface area (Å²) < 4.78 is 12.1. The Morgan fingerprint density at radius 3 is 3.06 bits per heavy atom. The Morgan fingerprint density at radius 1 is 1.76 bits per heavy atom. The van der Waals surface area contributed by atoms with Crippen molar-refractivity contribution < 1.29 is 14.6 Å². The third-order valence-corrected chi connectivity index (χ3v) is 2.82. The van der Waals surface area contributed by atoms with Crippen LogP contribution in [0.2, 0.25) is 0 Å². The van der Waals surface area contributed by atoms with Gasteiger partial charge in [0.2, 0.25) is 0 Å². The fourth-order valence-electron chi connectivity index (χ4n) is 1.93. The summed E-state index contributed by atoms with van der Waals surface area (Å²) in [6.07, 6.45) is 0.899. The van der Waals surface area contributed by atoms with E-state index in [2.05, 4.69) is 4.98 Å². The van der Waals surface area contributed by atoms with Crippen molar-refractivity contribution in [2.45, 2.75) is 24.9 Å². The van der Waals surface area contributed by atoms with Gasteiger partial charge in [-0.3, -0.25) is 4.57 Å². The Balaban J connectivity index is 2.22. The molecule has 0 bridgehead atoms. The van der Waals surface area contributed by atoms with Crippen molar-refractivity contribution in [2.24, 2.45) is 0 Å². The molecule has 0 radical (unpaired) electrons. The van der Waals surface area contributed by atoms with E-state index in [1.807, 2.05) is 0 Å². The van der Waals surface area contributed by atoms with Gasteiger partial charge in [-0.25, -0.2) is 4.79 Å². The molecule has 94 valence electrons. The molecule has 0 spiro atoms. The average Bonchev–Trinajstić information content (AvgIpc) is 2.72. The Hall–Kier alpha value is -1.44. The summed E-state index contributed by atoms with van der Waals surface area (Å²) in [5.74, 6) is 0.172. The molecule has 0 aromatic carbocycles. The minimum atomic E-state index is -0.474. The standard InChI is InChI=1S/C10H15N3O4/c1-16-6-4-9(17-7(6)5-14)13-3-2-8(11)12-10(13)15/h2-3,6-7,9,14H,4-5H2,1H3,(H2,11,12,15)/t6-,7+,9-/m0/s1. The topological polar surface area (TPSA) is 99.6 Å². The molecule has 7 nitrogen and oxygen atoms in total.